The second-order valence-electron chi connectivity index (χ2n) is 15.7. The van der Waals surface area contributed by atoms with Crippen LogP contribution in [0.25, 0.3) is 11.6 Å². The summed E-state index contributed by atoms with van der Waals surface area (Å²) in [6, 6.07) is 9.41. The van der Waals surface area contributed by atoms with E-state index in [2.05, 4.69) is 27.4 Å². The minimum Gasteiger partial charge on any atom is -0.490 e. The quantitative estimate of drug-likeness (QED) is 0.0219. The number of aromatic nitrogens is 5. The van der Waals surface area contributed by atoms with Gasteiger partial charge >= 0.3 is 36.8 Å². The van der Waals surface area contributed by atoms with Gasteiger partial charge in [-0.05, 0) is 69.0 Å². The first-order valence-corrected chi connectivity index (χ1v) is 29.8. The molecule has 1 aromatic carbocycles. The number of carbonyl (C=O) groups excluding carboxylic acids is 1. The van der Waals surface area contributed by atoms with Gasteiger partial charge in [-0.25, -0.2) is 19.2 Å². The molecule has 408 valence electrons. The molecule has 4 atom stereocenters. The van der Waals surface area contributed by atoms with Crippen molar-refractivity contribution in [2.75, 3.05) is 98.8 Å². The van der Waals surface area contributed by atoms with E-state index in [0.29, 0.717) is 22.5 Å². The molecule has 0 aliphatic rings. The zero-order chi connectivity index (χ0) is 54.3. The van der Waals surface area contributed by atoms with Gasteiger partial charge in [-0.2, -0.15) is 10.2 Å². The van der Waals surface area contributed by atoms with Crippen LogP contribution in [-0.2, 0) is 63.7 Å². The first kappa shape index (κ1) is 61.8. The van der Waals surface area contributed by atoms with Crippen LogP contribution in [0.5, 0.6) is 11.5 Å². The van der Waals surface area contributed by atoms with E-state index in [0.717, 1.165) is 0 Å². The third-order valence-corrected chi connectivity index (χ3v) is 15.1. The summed E-state index contributed by atoms with van der Waals surface area (Å²) in [5.74, 6) is 5.41. The number of carboxylic acids is 1. The maximum Gasteiger partial charge on any atom is 0.524 e. The lowest BCUT2D eigenvalue weighted by molar-refractivity contribution is -0.137. The number of hydrogen-bond acceptors (Lipinski definition) is 19. The van der Waals surface area contributed by atoms with Crippen molar-refractivity contribution >= 4 is 42.7 Å². The molecular formula is C44H65N8O18P4+. The monoisotopic (exact) mass is 1120 g/mol. The van der Waals surface area contributed by atoms with Crippen molar-refractivity contribution in [3.8, 4) is 35.0 Å². The number of hydrogen-bond donors (Lipinski definition) is 5. The summed E-state index contributed by atoms with van der Waals surface area (Å²) in [5.41, 5.74) is 1.40. The van der Waals surface area contributed by atoms with Crippen molar-refractivity contribution in [2.45, 2.75) is 53.6 Å². The van der Waals surface area contributed by atoms with Crippen LogP contribution in [-0.4, -0.2) is 165 Å². The normalized spacial score (nSPS) is 14.2. The van der Waals surface area contributed by atoms with Gasteiger partial charge in [0.25, 0.3) is 5.91 Å². The van der Waals surface area contributed by atoms with Crippen molar-refractivity contribution in [3.63, 3.8) is 0 Å². The summed E-state index contributed by atoms with van der Waals surface area (Å²) in [7, 11) is -11.9. The van der Waals surface area contributed by atoms with Gasteiger partial charge in [0, 0.05) is 64.3 Å². The molecule has 1 amide bonds. The molecule has 30 heteroatoms. The number of carboxylic acid groups (broad SMARTS) is 1. The fourth-order valence-electron chi connectivity index (χ4n) is 6.76. The number of aliphatic carboxylic acids is 1. The van der Waals surface area contributed by atoms with E-state index in [-0.39, 0.29) is 120 Å². The van der Waals surface area contributed by atoms with Gasteiger partial charge in [0.2, 0.25) is 6.29 Å². The van der Waals surface area contributed by atoms with E-state index in [1.807, 2.05) is 0 Å². The number of rotatable bonds is 35. The Morgan fingerprint density at radius 3 is 1.73 bits per heavy atom. The summed E-state index contributed by atoms with van der Waals surface area (Å²) < 4.78 is 96.9. The maximum absolute atomic E-state index is 13.5. The van der Waals surface area contributed by atoms with E-state index in [9.17, 15) is 42.5 Å². The van der Waals surface area contributed by atoms with Crippen LogP contribution in [0.3, 0.4) is 0 Å². The van der Waals surface area contributed by atoms with Crippen molar-refractivity contribution < 1.29 is 84.7 Å². The first-order valence-electron chi connectivity index (χ1n) is 23.2. The Hall–Kier alpha value is -4.76. The smallest absolute Gasteiger partial charge is 0.490 e. The van der Waals surface area contributed by atoms with Crippen molar-refractivity contribution in [1.29, 1.82) is 0 Å². The minimum absolute atomic E-state index is 0.0279. The fraction of sp³-hybridized carbons (Fsp3) is 0.523. The molecule has 3 heterocycles. The maximum atomic E-state index is 13.5. The molecular weight excluding hydrogens is 1050 g/mol. The van der Waals surface area contributed by atoms with Gasteiger partial charge in [-0.1, -0.05) is 11.8 Å². The molecule has 0 aliphatic heterocycles. The van der Waals surface area contributed by atoms with Gasteiger partial charge < -0.3 is 57.6 Å². The van der Waals surface area contributed by atoms with Crippen LogP contribution in [0.2, 0.25) is 0 Å². The Bertz CT molecular complexity index is 2670. The van der Waals surface area contributed by atoms with Gasteiger partial charge in [0.1, 0.15) is 43.6 Å². The summed E-state index contributed by atoms with van der Waals surface area (Å²) in [4.78, 5) is 63.5. The van der Waals surface area contributed by atoms with Crippen molar-refractivity contribution in [3.05, 3.63) is 76.9 Å². The number of methoxy groups -OCH3 is 2. The lowest BCUT2D eigenvalue weighted by Crippen LogP contribution is -2.27. The van der Waals surface area contributed by atoms with Gasteiger partial charge in [0.05, 0.1) is 62.2 Å². The highest BCUT2D eigenvalue weighted by molar-refractivity contribution is 7.53. The molecule has 74 heavy (non-hydrogen) atoms. The highest BCUT2D eigenvalue weighted by atomic mass is 31.2. The predicted octanol–water partition coefficient (Wildman–Crippen LogP) is 5.38. The molecule has 0 aliphatic carbocycles. The molecule has 26 nitrogen and oxygen atoms in total. The molecule has 4 unspecified atom stereocenters. The Morgan fingerprint density at radius 2 is 1.23 bits per heavy atom. The minimum atomic E-state index is -4.25. The summed E-state index contributed by atoms with van der Waals surface area (Å²) in [6.45, 7) is 6.64. The van der Waals surface area contributed by atoms with E-state index in [1.54, 1.807) is 50.5 Å². The molecule has 0 saturated heterocycles. The largest absolute Gasteiger partial charge is 0.524 e. The Balaban J connectivity index is 1.86. The summed E-state index contributed by atoms with van der Waals surface area (Å²) >= 11 is 0. The molecule has 0 spiro atoms. The second kappa shape index (κ2) is 30.7. The Labute approximate surface area is 430 Å². The Morgan fingerprint density at radius 1 is 0.716 bits per heavy atom. The molecule has 5 N–H and O–H groups in total. The average molecular weight is 1120 g/mol. The first-order chi connectivity index (χ1) is 35.2. The molecule has 0 bridgehead atoms. The lowest BCUT2D eigenvalue weighted by atomic mass is 10.1. The predicted molar refractivity (Wildman–Crippen MR) is 269 cm³/mol. The Kier molecular flexibility index (Phi) is 25.6. The zero-order valence-corrected chi connectivity index (χ0v) is 45.6. The van der Waals surface area contributed by atoms with Crippen molar-refractivity contribution in [2.24, 2.45) is 0 Å². The number of benzene rings is 1. The molecule has 0 fully saturated rings. The molecule has 0 saturated carbocycles. The molecule has 0 radical (unpaired) electrons. The number of nitrogens with zero attached hydrogens (tertiary/aromatic N) is 7. The van der Waals surface area contributed by atoms with Crippen LogP contribution >= 0.6 is 30.8 Å². The van der Waals surface area contributed by atoms with Crippen LogP contribution in [0, 0.1) is 11.8 Å². The number of nitrogens with one attached hydrogen (secondary N) is 1. The highest BCUT2D eigenvalue weighted by Crippen LogP contribution is 2.48. The molecule has 4 aromatic rings. The zero-order valence-electron chi connectivity index (χ0n) is 42.1. The van der Waals surface area contributed by atoms with Crippen LogP contribution in [0.1, 0.15) is 73.4 Å². The number of ether oxygens (including phenoxy) is 4. The third kappa shape index (κ3) is 21.5. The number of amides is 1. The van der Waals surface area contributed by atoms with E-state index in [4.69, 9.17) is 47.1 Å². The highest BCUT2D eigenvalue weighted by Gasteiger charge is 2.32. The molecule has 4 rings (SSSR count). The van der Waals surface area contributed by atoms with Crippen LogP contribution in [0.4, 0.5) is 0 Å². The van der Waals surface area contributed by atoms with Crippen LogP contribution < -0.4 is 14.8 Å². The van der Waals surface area contributed by atoms with Crippen molar-refractivity contribution in [1.82, 2.24) is 39.7 Å². The number of carbonyl (C=O) groups is 2. The van der Waals surface area contributed by atoms with Gasteiger partial charge in [0.15, 0.2) is 11.6 Å². The average Bonchev–Trinajstić information content (AvgIpc) is 3.99. The third-order valence-electron chi connectivity index (χ3n) is 9.66. The topological polar surface area (TPSA) is 324 Å². The fourth-order valence-corrected chi connectivity index (χ4v) is 11.5. The van der Waals surface area contributed by atoms with E-state index < -0.39 is 61.5 Å². The van der Waals surface area contributed by atoms with E-state index >= 15 is 0 Å². The van der Waals surface area contributed by atoms with Gasteiger partial charge in [-0.15, -0.1) is 4.52 Å². The number of pyridine rings is 1. The van der Waals surface area contributed by atoms with Crippen LogP contribution in [0.15, 0.2) is 48.8 Å². The lowest BCUT2D eigenvalue weighted by Gasteiger charge is -2.25. The summed E-state index contributed by atoms with van der Waals surface area (Å²) in [5, 5.41) is 21.1. The second-order valence-corrected chi connectivity index (χ2v) is 22.4. The van der Waals surface area contributed by atoms with E-state index in [1.165, 1.54) is 59.4 Å². The van der Waals surface area contributed by atoms with Gasteiger partial charge in [-0.3, -0.25) is 28.2 Å². The molecule has 3 aromatic heterocycles. The standard InChI is InChI=1S/C44H64N8O18P4/c1-7-67-71(56)30-49(31-72(57,58)68-8-2)28-36-15-18-51(47-36)41-24-34(25-42(46-41)52-19-16-37(48-52)29-50(32-73(59,60)69-9-3)33-74(61,62)70-10-4)13-14-35-26-40(66-23-21-64-6)38(27-39(35)65-22-20-63-5)44(55)45-17-11-12-43(53)54/h15-16,18-19,24-27H,7-12,17,20-23,28-33H2,1-6H3,(H4-,45,53,54,55,57,58,59,60,61,62)/p+1. The SMILES string of the molecule is CCO[P+](=O)CN(Cc1ccn(-c2cc(C#Cc3cc(OCCOC)c(C(=O)NCCCC(=O)O)cc3OCCOC)cc(-n3ccc(CN(CP(=O)(O)OCC)CP(=O)(O)OCC)n3)n2)n1)CP(=O)(O)OCC. The summed E-state index contributed by atoms with van der Waals surface area (Å²) in [6.07, 6.45) is 1.28.